The largest absolute Gasteiger partial charge is 0.457 e. The highest BCUT2D eigenvalue weighted by molar-refractivity contribution is 5.86. The number of anilines is 2. The van der Waals surface area contributed by atoms with Crippen molar-refractivity contribution in [2.45, 2.75) is 51.4 Å². The Morgan fingerprint density at radius 2 is 1.95 bits per heavy atom. The lowest BCUT2D eigenvalue weighted by Crippen LogP contribution is -2.47. The van der Waals surface area contributed by atoms with Crippen LogP contribution in [0.2, 0.25) is 0 Å². The number of hydrogen-bond donors (Lipinski definition) is 2. The number of benzene rings is 1. The van der Waals surface area contributed by atoms with Gasteiger partial charge in [0.05, 0.1) is 0 Å². The van der Waals surface area contributed by atoms with Gasteiger partial charge >= 0.3 is 12.1 Å². The first-order valence-electron chi connectivity index (χ1n) is 12.7. The molecule has 1 heterocycles. The number of nitrogens with one attached hydrogen (secondary N) is 2. The number of carbonyl (C=O) groups excluding carboxylic acids is 2. The average molecular weight is 539 g/mol. The monoisotopic (exact) mass is 538 g/mol. The maximum absolute atomic E-state index is 13.5. The first-order valence-corrected chi connectivity index (χ1v) is 12.7. The minimum Gasteiger partial charge on any atom is -0.457 e. The molecule has 3 atom stereocenters. The first-order chi connectivity index (χ1) is 18.4. The van der Waals surface area contributed by atoms with Gasteiger partial charge in [-0.2, -0.15) is 0 Å². The summed E-state index contributed by atoms with van der Waals surface area (Å²) in [4.78, 5) is 54.9. The second-order valence-corrected chi connectivity index (χ2v) is 10.4. The Morgan fingerprint density at radius 3 is 2.56 bits per heavy atom. The zero-order valence-electron chi connectivity index (χ0n) is 22.6. The van der Waals surface area contributed by atoms with E-state index in [1.165, 1.54) is 0 Å². The van der Waals surface area contributed by atoms with Crippen LogP contribution >= 0.6 is 0 Å². The van der Waals surface area contributed by atoms with Crippen LogP contribution in [0.5, 0.6) is 0 Å². The van der Waals surface area contributed by atoms with E-state index >= 15 is 0 Å². The molecule has 0 unspecified atom stereocenters. The summed E-state index contributed by atoms with van der Waals surface area (Å²) in [5, 5.41) is 9.36. The van der Waals surface area contributed by atoms with Gasteiger partial charge in [-0.25, -0.2) is 4.79 Å². The molecule has 39 heavy (non-hydrogen) atoms. The molecule has 1 aliphatic heterocycles. The molecule has 1 saturated heterocycles. The predicted molar refractivity (Wildman–Crippen MR) is 147 cm³/mol. The molecule has 2 N–H and O–H groups in total. The van der Waals surface area contributed by atoms with Crippen molar-refractivity contribution in [1.29, 1.82) is 0 Å². The number of esters is 1. The summed E-state index contributed by atoms with van der Waals surface area (Å²) in [6, 6.07) is 9.13. The lowest BCUT2D eigenvalue weighted by Gasteiger charge is -2.29. The lowest BCUT2D eigenvalue weighted by atomic mass is 9.85. The molecule has 2 aromatic rings. The number of azide groups is 1. The Labute approximate surface area is 226 Å². The molecule has 0 saturated carbocycles. The van der Waals surface area contributed by atoms with Gasteiger partial charge in [0.15, 0.2) is 5.54 Å². The molecule has 1 fully saturated rings. The average Bonchev–Trinajstić information content (AvgIpc) is 3.23. The number of alkyl carbamates (subject to hydrolysis) is 1. The van der Waals surface area contributed by atoms with Crippen molar-refractivity contribution < 1.29 is 19.1 Å². The van der Waals surface area contributed by atoms with E-state index in [4.69, 9.17) is 9.47 Å². The minimum atomic E-state index is -1.64. The number of ether oxygens (including phenoxy) is 2. The quantitative estimate of drug-likeness (QED) is 0.0834. The third kappa shape index (κ3) is 6.58. The van der Waals surface area contributed by atoms with Gasteiger partial charge in [-0.1, -0.05) is 41.5 Å². The molecule has 0 aromatic heterocycles. The standard InChI is InChI=1S/C27H34N6O6/c1-6-10-19-15-33(16-27(19,31-32-28)24(36)38-17(2)18-11-8-7-9-12-18)21-20(22(34)23(21)35)29-13-14-30-25(37)39-26(3,4)5/h6-9,11-12,17,19,29H,1,10,13-16H2,2-5H3,(H,30,37)/t17-,19+,27+/m1/s1. The summed E-state index contributed by atoms with van der Waals surface area (Å²) in [6.07, 6.45) is 0.697. The Hall–Kier alpha value is -4.31. The van der Waals surface area contributed by atoms with Gasteiger partial charge in [0.25, 0.3) is 10.9 Å². The third-order valence-electron chi connectivity index (χ3n) is 6.43. The third-order valence-corrected chi connectivity index (χ3v) is 6.43. The summed E-state index contributed by atoms with van der Waals surface area (Å²) in [7, 11) is 0. The van der Waals surface area contributed by atoms with Crippen LogP contribution in [-0.2, 0) is 14.3 Å². The van der Waals surface area contributed by atoms with Crippen molar-refractivity contribution in [2.24, 2.45) is 11.0 Å². The summed E-state index contributed by atoms with van der Waals surface area (Å²) >= 11 is 0. The smallest absolute Gasteiger partial charge is 0.407 e. The highest BCUT2D eigenvalue weighted by Crippen LogP contribution is 2.40. The molecule has 1 amide bonds. The van der Waals surface area contributed by atoms with Crippen molar-refractivity contribution in [3.63, 3.8) is 0 Å². The highest BCUT2D eigenvalue weighted by Gasteiger charge is 2.54. The lowest BCUT2D eigenvalue weighted by molar-refractivity contribution is -0.156. The zero-order valence-corrected chi connectivity index (χ0v) is 22.6. The minimum absolute atomic E-state index is 0.0751. The Morgan fingerprint density at radius 1 is 1.26 bits per heavy atom. The van der Waals surface area contributed by atoms with Crippen LogP contribution in [0.3, 0.4) is 0 Å². The summed E-state index contributed by atoms with van der Waals surface area (Å²) in [5.74, 6) is -1.27. The van der Waals surface area contributed by atoms with Gasteiger partial charge in [-0.15, -0.1) is 6.58 Å². The molecule has 208 valence electrons. The molecular weight excluding hydrogens is 504 g/mol. The fourth-order valence-corrected chi connectivity index (χ4v) is 4.57. The number of nitrogens with zero attached hydrogens (tertiary/aromatic N) is 4. The Bertz CT molecular complexity index is 1320. The molecular formula is C27H34N6O6. The summed E-state index contributed by atoms with van der Waals surface area (Å²) in [5.41, 5.74) is 6.64. The number of allylic oxidation sites excluding steroid dienone is 1. The fraction of sp³-hybridized carbons (Fsp3) is 0.481. The van der Waals surface area contributed by atoms with Gasteiger partial charge in [0, 0.05) is 37.0 Å². The maximum Gasteiger partial charge on any atom is 0.407 e. The second kappa shape index (κ2) is 12.0. The zero-order chi connectivity index (χ0) is 28.8. The van der Waals surface area contributed by atoms with Crippen LogP contribution < -0.4 is 26.4 Å². The fourth-order valence-electron chi connectivity index (χ4n) is 4.57. The van der Waals surface area contributed by atoms with E-state index in [-0.39, 0.29) is 37.6 Å². The van der Waals surface area contributed by atoms with Crippen LogP contribution in [0.1, 0.15) is 45.8 Å². The van der Waals surface area contributed by atoms with Crippen molar-refractivity contribution in [3.05, 3.63) is 79.4 Å². The molecule has 0 radical (unpaired) electrons. The van der Waals surface area contributed by atoms with Gasteiger partial charge in [0.2, 0.25) is 0 Å². The summed E-state index contributed by atoms with van der Waals surface area (Å²) < 4.78 is 10.9. The van der Waals surface area contributed by atoms with Crippen LogP contribution in [0.25, 0.3) is 10.4 Å². The number of amides is 1. The van der Waals surface area contributed by atoms with Crippen LogP contribution in [0, 0.1) is 5.92 Å². The molecule has 0 spiro atoms. The van der Waals surface area contributed by atoms with Crippen LogP contribution in [-0.4, -0.2) is 49.4 Å². The Kier molecular flexibility index (Phi) is 9.03. The van der Waals surface area contributed by atoms with E-state index < -0.39 is 46.1 Å². The molecule has 0 aliphatic carbocycles. The molecule has 12 heteroatoms. The van der Waals surface area contributed by atoms with E-state index in [0.29, 0.717) is 6.42 Å². The summed E-state index contributed by atoms with van der Waals surface area (Å²) in [6.45, 7) is 11.0. The Balaban J connectivity index is 1.78. The number of rotatable bonds is 11. The highest BCUT2D eigenvalue weighted by atomic mass is 16.6. The van der Waals surface area contributed by atoms with E-state index in [0.717, 1.165) is 5.56 Å². The normalized spacial score (nSPS) is 19.6. The first kappa shape index (κ1) is 29.2. The van der Waals surface area contributed by atoms with Crippen LogP contribution in [0.15, 0.2) is 57.7 Å². The van der Waals surface area contributed by atoms with Crippen molar-refractivity contribution >= 4 is 23.4 Å². The van der Waals surface area contributed by atoms with Crippen molar-refractivity contribution in [1.82, 2.24) is 5.32 Å². The van der Waals surface area contributed by atoms with Gasteiger partial charge < -0.3 is 25.0 Å². The van der Waals surface area contributed by atoms with E-state index in [1.807, 2.05) is 30.3 Å². The topological polar surface area (TPSA) is 163 Å². The molecule has 3 rings (SSSR count). The SMILES string of the molecule is C=CC[C@H]1CN(c2c(NCCNC(=O)OC(C)(C)C)c(=O)c2=O)C[C@@]1(N=[N+]=[N-])C(=O)O[C@H](C)c1ccccc1. The molecule has 12 nitrogen and oxygen atoms in total. The molecule has 1 aliphatic rings. The van der Waals surface area contributed by atoms with Crippen molar-refractivity contribution in [3.8, 4) is 0 Å². The number of hydrogen-bond acceptors (Lipinski definition) is 9. The predicted octanol–water partition coefficient (Wildman–Crippen LogP) is 3.59. The maximum atomic E-state index is 13.5. The number of carbonyl (C=O) groups is 2. The second-order valence-electron chi connectivity index (χ2n) is 10.4. The van der Waals surface area contributed by atoms with Gasteiger partial charge in [0.1, 0.15) is 23.1 Å². The van der Waals surface area contributed by atoms with E-state index in [2.05, 4.69) is 27.2 Å². The van der Waals surface area contributed by atoms with Crippen molar-refractivity contribution in [2.75, 3.05) is 36.4 Å². The van der Waals surface area contributed by atoms with Crippen LogP contribution in [0.4, 0.5) is 16.2 Å². The van der Waals surface area contributed by atoms with E-state index in [1.54, 1.807) is 38.7 Å². The van der Waals surface area contributed by atoms with Gasteiger partial charge in [-0.3, -0.25) is 14.4 Å². The molecule has 0 bridgehead atoms. The molecule has 2 aromatic carbocycles. The van der Waals surface area contributed by atoms with E-state index in [9.17, 15) is 24.7 Å². The van der Waals surface area contributed by atoms with Gasteiger partial charge in [-0.05, 0) is 45.2 Å².